The summed E-state index contributed by atoms with van der Waals surface area (Å²) in [6.45, 7) is 0. The molecule has 0 saturated carbocycles. The lowest BCUT2D eigenvalue weighted by molar-refractivity contribution is 1.31. The van der Waals surface area contributed by atoms with Gasteiger partial charge in [0.25, 0.3) is 0 Å². The lowest BCUT2D eigenvalue weighted by Crippen LogP contribution is -1.89. The summed E-state index contributed by atoms with van der Waals surface area (Å²) in [5.41, 5.74) is 18.4. The van der Waals surface area contributed by atoms with Crippen LogP contribution in [0.1, 0.15) is 28.3 Å². The molecule has 50 heavy (non-hydrogen) atoms. The van der Waals surface area contributed by atoms with Crippen molar-refractivity contribution >= 4 is 74.5 Å². The second-order valence-electron chi connectivity index (χ2n) is 12.6. The third-order valence-electron chi connectivity index (χ3n) is 9.69. The van der Waals surface area contributed by atoms with Crippen molar-refractivity contribution in [2.24, 2.45) is 0 Å². The van der Waals surface area contributed by atoms with Gasteiger partial charge in [-0.05, 0) is 90.0 Å². The topological polar surface area (TPSA) is 57.4 Å². The van der Waals surface area contributed by atoms with Gasteiger partial charge in [-0.3, -0.25) is 0 Å². The Kier molecular flexibility index (Phi) is 6.76. The van der Waals surface area contributed by atoms with E-state index in [1.807, 2.05) is 12.1 Å². The summed E-state index contributed by atoms with van der Waals surface area (Å²) in [6.07, 6.45) is 2.26. The minimum absolute atomic E-state index is 0.846. The SMILES string of the molecule is BrC1=C(Br)c2nc1c(-c1ccccc1)c1ccc([nH]1)c(-c1ccccc1)c1nc3c(c4ccc([nH]4)c2-c2ccccc2)-c2ccccc2C3=C1. The van der Waals surface area contributed by atoms with Crippen molar-refractivity contribution in [2.75, 3.05) is 0 Å². The molecule has 4 nitrogen and oxygen atoms in total. The number of halogens is 2. The van der Waals surface area contributed by atoms with Crippen molar-refractivity contribution in [3.05, 3.63) is 168 Å². The third-order valence-corrected chi connectivity index (χ3v) is 11.8. The van der Waals surface area contributed by atoms with Gasteiger partial charge in [0.2, 0.25) is 0 Å². The van der Waals surface area contributed by atoms with Crippen LogP contribution >= 0.6 is 31.9 Å². The van der Waals surface area contributed by atoms with Gasteiger partial charge in [0, 0.05) is 49.9 Å². The predicted molar refractivity (Wildman–Crippen MR) is 214 cm³/mol. The fraction of sp³-hybridized carbons (Fsp3) is 0. The monoisotopic (exact) mass is 768 g/mol. The Morgan fingerprint density at radius 3 is 1.32 bits per heavy atom. The Morgan fingerprint density at radius 1 is 0.380 bits per heavy atom. The number of fused-ring (bicyclic) bond motifs is 11. The highest BCUT2D eigenvalue weighted by Crippen LogP contribution is 2.50. The lowest BCUT2D eigenvalue weighted by Gasteiger charge is -2.07. The molecule has 1 aliphatic carbocycles. The summed E-state index contributed by atoms with van der Waals surface area (Å²) in [5.74, 6) is 0. The number of aromatic amines is 2. The molecule has 6 heteroatoms. The van der Waals surface area contributed by atoms with Crippen LogP contribution < -0.4 is 0 Å². The first kappa shape index (κ1) is 29.4. The summed E-state index contributed by atoms with van der Waals surface area (Å²) in [7, 11) is 0. The average molecular weight is 771 g/mol. The van der Waals surface area contributed by atoms with Crippen molar-refractivity contribution < 1.29 is 0 Å². The highest BCUT2D eigenvalue weighted by molar-refractivity contribution is 9.18. The van der Waals surface area contributed by atoms with Gasteiger partial charge < -0.3 is 9.97 Å². The Labute approximate surface area is 305 Å². The molecule has 0 unspecified atom stereocenters. The van der Waals surface area contributed by atoms with Crippen LogP contribution in [0.4, 0.5) is 0 Å². The van der Waals surface area contributed by atoms with Crippen LogP contribution in [0.5, 0.6) is 0 Å². The first-order valence-electron chi connectivity index (χ1n) is 16.5. The highest BCUT2D eigenvalue weighted by Gasteiger charge is 2.30. The van der Waals surface area contributed by atoms with E-state index in [2.05, 4.69) is 175 Å². The molecule has 0 spiro atoms. The van der Waals surface area contributed by atoms with Gasteiger partial charge in [0.1, 0.15) is 0 Å². The third kappa shape index (κ3) is 4.49. The van der Waals surface area contributed by atoms with Crippen molar-refractivity contribution in [2.45, 2.75) is 0 Å². The Hall–Kier alpha value is -5.56. The van der Waals surface area contributed by atoms with Gasteiger partial charge >= 0.3 is 0 Å². The molecule has 0 fully saturated rings. The highest BCUT2D eigenvalue weighted by atomic mass is 79.9. The first-order chi connectivity index (χ1) is 24.6. The molecule has 236 valence electrons. The molecular weight excluding hydrogens is 744 g/mol. The van der Waals surface area contributed by atoms with Gasteiger partial charge in [-0.25, -0.2) is 9.97 Å². The Morgan fingerprint density at radius 2 is 0.800 bits per heavy atom. The van der Waals surface area contributed by atoms with Crippen molar-refractivity contribution in [3.8, 4) is 44.5 Å². The number of hydrogen-bond acceptors (Lipinski definition) is 2. The van der Waals surface area contributed by atoms with E-state index in [9.17, 15) is 0 Å². The molecule has 3 aliphatic rings. The van der Waals surface area contributed by atoms with Crippen LogP contribution in [0.2, 0.25) is 0 Å². The maximum Gasteiger partial charge on any atom is 0.0891 e. The fourth-order valence-corrected chi connectivity index (χ4v) is 8.45. The van der Waals surface area contributed by atoms with Crippen LogP contribution in [0.25, 0.3) is 87.2 Å². The van der Waals surface area contributed by atoms with E-state index < -0.39 is 0 Å². The van der Waals surface area contributed by atoms with Crippen molar-refractivity contribution in [1.29, 1.82) is 0 Å². The smallest absolute Gasteiger partial charge is 0.0891 e. The number of benzene rings is 4. The van der Waals surface area contributed by atoms with Crippen LogP contribution in [-0.4, -0.2) is 19.9 Å². The van der Waals surface area contributed by atoms with Crippen molar-refractivity contribution in [1.82, 2.24) is 19.9 Å². The summed E-state index contributed by atoms with van der Waals surface area (Å²) < 4.78 is 1.79. The van der Waals surface area contributed by atoms with E-state index in [-0.39, 0.29) is 0 Å². The summed E-state index contributed by atoms with van der Waals surface area (Å²) in [5, 5.41) is 0. The number of rotatable bonds is 3. The van der Waals surface area contributed by atoms with Crippen molar-refractivity contribution in [3.63, 3.8) is 0 Å². The molecule has 10 rings (SSSR count). The standard InChI is InChI=1S/C44H26Br2N4/c45-40-41(46)44-38(27-16-8-3-9-17-27)33-22-23-34(48-33)39-29-19-11-10-18-28(29)30-24-35(49-42(30)39)36(25-12-4-1-5-13-25)31-20-21-32(47-31)37(43(40)50-44)26-14-6-2-7-15-26/h1-24,47-48H. The molecule has 2 aliphatic heterocycles. The van der Waals surface area contributed by atoms with E-state index >= 15 is 0 Å². The minimum atomic E-state index is 0.846. The molecule has 0 atom stereocenters. The number of nitrogens with one attached hydrogen (secondary N) is 2. The normalized spacial score (nSPS) is 13.0. The van der Waals surface area contributed by atoms with Crippen LogP contribution in [-0.2, 0) is 0 Å². The zero-order valence-electron chi connectivity index (χ0n) is 26.5. The number of nitrogens with zero attached hydrogens (tertiary/aromatic N) is 2. The number of hydrogen-bond donors (Lipinski definition) is 2. The average Bonchev–Trinajstić information content (AvgIpc) is 4.00. The lowest BCUT2D eigenvalue weighted by atomic mass is 10.0. The van der Waals surface area contributed by atoms with Gasteiger partial charge in [0.15, 0.2) is 0 Å². The molecule has 4 aromatic carbocycles. The van der Waals surface area contributed by atoms with Crippen LogP contribution in [0.3, 0.4) is 0 Å². The summed E-state index contributed by atoms with van der Waals surface area (Å²) in [4.78, 5) is 18.6. The van der Waals surface area contributed by atoms with E-state index in [0.717, 1.165) is 98.3 Å². The van der Waals surface area contributed by atoms with Crippen LogP contribution in [0.15, 0.2) is 140 Å². The van der Waals surface area contributed by atoms with Gasteiger partial charge in [-0.2, -0.15) is 0 Å². The molecule has 7 aromatic rings. The van der Waals surface area contributed by atoms with Gasteiger partial charge in [0.05, 0.1) is 31.7 Å². The van der Waals surface area contributed by atoms with E-state index in [1.165, 1.54) is 11.1 Å². The van der Waals surface area contributed by atoms with E-state index in [1.54, 1.807) is 0 Å². The van der Waals surface area contributed by atoms with E-state index in [0.29, 0.717) is 0 Å². The second-order valence-corrected chi connectivity index (χ2v) is 14.1. The molecular formula is C44H26Br2N4. The fourth-order valence-electron chi connectivity index (χ4n) is 7.50. The van der Waals surface area contributed by atoms with Gasteiger partial charge in [-0.1, -0.05) is 115 Å². The minimum Gasteiger partial charge on any atom is -0.354 e. The summed E-state index contributed by atoms with van der Waals surface area (Å²) in [6, 6.07) is 48.8. The molecule has 0 saturated heterocycles. The Balaban J connectivity index is 1.45. The zero-order chi connectivity index (χ0) is 33.3. The molecule has 0 radical (unpaired) electrons. The Bertz CT molecular complexity index is 2740. The van der Waals surface area contributed by atoms with Gasteiger partial charge in [-0.15, -0.1) is 0 Å². The zero-order valence-corrected chi connectivity index (χ0v) is 29.7. The number of aromatic nitrogens is 4. The second kappa shape index (κ2) is 11.5. The van der Waals surface area contributed by atoms with Crippen LogP contribution in [0, 0.1) is 0 Å². The summed E-state index contributed by atoms with van der Waals surface area (Å²) >= 11 is 7.98. The van der Waals surface area contributed by atoms with E-state index in [4.69, 9.17) is 9.97 Å². The maximum atomic E-state index is 5.46. The number of H-pyrrole nitrogens is 2. The molecule has 0 amide bonds. The molecule has 3 aromatic heterocycles. The molecule has 8 bridgehead atoms. The molecule has 5 heterocycles. The maximum absolute atomic E-state index is 5.46. The predicted octanol–water partition coefficient (Wildman–Crippen LogP) is 12.5. The first-order valence-corrected chi connectivity index (χ1v) is 18.1. The molecule has 2 N–H and O–H groups in total. The quantitative estimate of drug-likeness (QED) is 0.188. The largest absolute Gasteiger partial charge is 0.354 e.